The number of hydrogen-bond acceptors (Lipinski definition) is 3. The summed E-state index contributed by atoms with van der Waals surface area (Å²) >= 11 is 0. The third kappa shape index (κ3) is 3.24. The van der Waals surface area contributed by atoms with E-state index in [9.17, 15) is 0 Å². The number of nitrogens with zero attached hydrogens (tertiary/aromatic N) is 1. The standard InChI is InChI=1S/C18H28N2O/c1-13-10-19-17(18(2,3)4)12-20(13)11-15-9-14-7-5-6-8-16(14)21-15/h5-8,13,15,17,19H,9-12H2,1-4H3. The molecule has 2 aliphatic rings. The summed E-state index contributed by atoms with van der Waals surface area (Å²) in [5.74, 6) is 1.08. The van der Waals surface area contributed by atoms with Gasteiger partial charge in [-0.2, -0.15) is 0 Å². The average Bonchev–Trinajstić information content (AvgIpc) is 2.82. The van der Waals surface area contributed by atoms with E-state index in [0.29, 0.717) is 23.6 Å². The second kappa shape index (κ2) is 5.62. The first kappa shape index (κ1) is 14.9. The number of para-hydroxylation sites is 1. The molecule has 1 saturated heterocycles. The van der Waals surface area contributed by atoms with E-state index in [4.69, 9.17) is 4.74 Å². The molecule has 0 bridgehead atoms. The van der Waals surface area contributed by atoms with E-state index in [1.165, 1.54) is 5.56 Å². The molecule has 0 radical (unpaired) electrons. The summed E-state index contributed by atoms with van der Waals surface area (Å²) in [4.78, 5) is 2.60. The van der Waals surface area contributed by atoms with Gasteiger partial charge in [-0.15, -0.1) is 0 Å². The summed E-state index contributed by atoms with van der Waals surface area (Å²) in [6.07, 6.45) is 1.36. The molecule has 0 saturated carbocycles. The van der Waals surface area contributed by atoms with Gasteiger partial charge in [-0.1, -0.05) is 39.0 Å². The Morgan fingerprint density at radius 1 is 1.29 bits per heavy atom. The maximum atomic E-state index is 6.12. The molecule has 3 unspecified atom stereocenters. The fourth-order valence-corrected chi connectivity index (χ4v) is 3.37. The van der Waals surface area contributed by atoms with E-state index >= 15 is 0 Å². The van der Waals surface area contributed by atoms with Crippen LogP contribution in [0.5, 0.6) is 5.75 Å². The smallest absolute Gasteiger partial charge is 0.123 e. The Bertz CT molecular complexity index is 469. The molecular weight excluding hydrogens is 260 g/mol. The van der Waals surface area contributed by atoms with Crippen molar-refractivity contribution in [2.75, 3.05) is 19.6 Å². The SMILES string of the molecule is CC1CNC(C(C)(C)C)CN1CC1Cc2ccccc2O1. The maximum Gasteiger partial charge on any atom is 0.123 e. The molecule has 3 nitrogen and oxygen atoms in total. The minimum atomic E-state index is 0.303. The van der Waals surface area contributed by atoms with Gasteiger partial charge in [0.1, 0.15) is 11.9 Å². The molecule has 0 amide bonds. The fourth-order valence-electron chi connectivity index (χ4n) is 3.37. The van der Waals surface area contributed by atoms with Gasteiger partial charge in [0.2, 0.25) is 0 Å². The van der Waals surface area contributed by atoms with Crippen LogP contribution in [0.3, 0.4) is 0 Å². The number of rotatable bonds is 2. The predicted molar refractivity (Wildman–Crippen MR) is 86.8 cm³/mol. The Morgan fingerprint density at radius 2 is 2.05 bits per heavy atom. The zero-order valence-corrected chi connectivity index (χ0v) is 13.7. The van der Waals surface area contributed by atoms with Crippen molar-refractivity contribution in [1.29, 1.82) is 0 Å². The molecule has 1 fully saturated rings. The molecule has 116 valence electrons. The van der Waals surface area contributed by atoms with Gasteiger partial charge in [0.15, 0.2) is 0 Å². The highest BCUT2D eigenvalue weighted by atomic mass is 16.5. The minimum Gasteiger partial charge on any atom is -0.488 e. The fraction of sp³-hybridized carbons (Fsp3) is 0.667. The Kier molecular flexibility index (Phi) is 3.98. The molecule has 0 aromatic heterocycles. The largest absolute Gasteiger partial charge is 0.488 e. The summed E-state index contributed by atoms with van der Waals surface area (Å²) in [5.41, 5.74) is 1.66. The summed E-state index contributed by atoms with van der Waals surface area (Å²) in [6, 6.07) is 9.58. The first-order valence-electron chi connectivity index (χ1n) is 8.15. The number of benzene rings is 1. The van der Waals surface area contributed by atoms with Gasteiger partial charge >= 0.3 is 0 Å². The lowest BCUT2D eigenvalue weighted by atomic mass is 9.84. The van der Waals surface area contributed by atoms with E-state index in [1.54, 1.807) is 0 Å². The predicted octanol–water partition coefficient (Wildman–Crippen LogP) is 2.70. The molecule has 21 heavy (non-hydrogen) atoms. The first-order valence-corrected chi connectivity index (χ1v) is 8.15. The van der Waals surface area contributed by atoms with Crippen LogP contribution in [0.2, 0.25) is 0 Å². The summed E-state index contributed by atoms with van der Waals surface area (Å²) in [7, 11) is 0. The molecule has 2 aliphatic heterocycles. The van der Waals surface area contributed by atoms with Gasteiger partial charge in [-0.05, 0) is 24.0 Å². The maximum absolute atomic E-state index is 6.12. The summed E-state index contributed by atoms with van der Waals surface area (Å²) < 4.78 is 6.12. The third-order valence-corrected chi connectivity index (χ3v) is 4.90. The molecule has 3 atom stereocenters. The molecule has 3 heteroatoms. The van der Waals surface area contributed by atoms with Gasteiger partial charge < -0.3 is 10.1 Å². The summed E-state index contributed by atoms with van der Waals surface area (Å²) in [6.45, 7) is 12.5. The van der Waals surface area contributed by atoms with Crippen LogP contribution < -0.4 is 10.1 Å². The highest BCUT2D eigenvalue weighted by Crippen LogP contribution is 2.30. The van der Waals surface area contributed by atoms with Crippen molar-refractivity contribution in [3.8, 4) is 5.75 Å². The normalized spacial score (nSPS) is 30.0. The third-order valence-electron chi connectivity index (χ3n) is 4.90. The van der Waals surface area contributed by atoms with Crippen LogP contribution in [0.1, 0.15) is 33.3 Å². The minimum absolute atomic E-state index is 0.303. The van der Waals surface area contributed by atoms with Crippen LogP contribution in [0.15, 0.2) is 24.3 Å². The molecule has 1 N–H and O–H groups in total. The van der Waals surface area contributed by atoms with Gasteiger partial charge in [0.05, 0.1) is 0 Å². The first-order chi connectivity index (χ1) is 9.93. The quantitative estimate of drug-likeness (QED) is 0.905. The zero-order chi connectivity index (χ0) is 15.0. The lowest BCUT2D eigenvalue weighted by molar-refractivity contribution is 0.0603. The van der Waals surface area contributed by atoms with Crippen LogP contribution in [-0.4, -0.2) is 42.7 Å². The van der Waals surface area contributed by atoms with E-state index in [-0.39, 0.29) is 0 Å². The van der Waals surface area contributed by atoms with Crippen LogP contribution in [0.25, 0.3) is 0 Å². The summed E-state index contributed by atoms with van der Waals surface area (Å²) in [5, 5.41) is 3.70. The monoisotopic (exact) mass is 288 g/mol. The Morgan fingerprint density at radius 3 is 2.76 bits per heavy atom. The lowest BCUT2D eigenvalue weighted by Crippen LogP contribution is -2.60. The second-order valence-corrected chi connectivity index (χ2v) is 7.68. The van der Waals surface area contributed by atoms with Gasteiger partial charge in [0, 0.05) is 38.1 Å². The number of hydrogen-bond donors (Lipinski definition) is 1. The van der Waals surface area contributed by atoms with Crippen molar-refractivity contribution in [3.05, 3.63) is 29.8 Å². The molecule has 1 aromatic carbocycles. The molecule has 2 heterocycles. The van der Waals surface area contributed by atoms with Crippen molar-refractivity contribution in [1.82, 2.24) is 10.2 Å². The van der Waals surface area contributed by atoms with E-state index in [0.717, 1.165) is 31.8 Å². The molecule has 0 spiro atoms. The van der Waals surface area contributed by atoms with Crippen LogP contribution in [0, 0.1) is 5.41 Å². The topological polar surface area (TPSA) is 24.5 Å². The van der Waals surface area contributed by atoms with Gasteiger partial charge in [0.25, 0.3) is 0 Å². The van der Waals surface area contributed by atoms with E-state index in [1.807, 2.05) is 0 Å². The van der Waals surface area contributed by atoms with Gasteiger partial charge in [-0.25, -0.2) is 0 Å². The second-order valence-electron chi connectivity index (χ2n) is 7.68. The van der Waals surface area contributed by atoms with Crippen molar-refractivity contribution >= 4 is 0 Å². The van der Waals surface area contributed by atoms with Gasteiger partial charge in [-0.3, -0.25) is 4.90 Å². The Labute approximate surface area is 128 Å². The number of piperazine rings is 1. The highest BCUT2D eigenvalue weighted by Gasteiger charge is 2.34. The number of ether oxygens (including phenoxy) is 1. The average molecular weight is 288 g/mol. The molecule has 3 rings (SSSR count). The van der Waals surface area contributed by atoms with Crippen LogP contribution >= 0.6 is 0 Å². The molecule has 0 aliphatic carbocycles. The van der Waals surface area contributed by atoms with E-state index < -0.39 is 0 Å². The van der Waals surface area contributed by atoms with Crippen molar-refractivity contribution in [2.45, 2.75) is 52.3 Å². The van der Waals surface area contributed by atoms with Crippen LogP contribution in [0.4, 0.5) is 0 Å². The van der Waals surface area contributed by atoms with E-state index in [2.05, 4.69) is 62.2 Å². The molecule has 1 aromatic rings. The van der Waals surface area contributed by atoms with Crippen molar-refractivity contribution in [3.63, 3.8) is 0 Å². The van der Waals surface area contributed by atoms with Crippen molar-refractivity contribution in [2.24, 2.45) is 5.41 Å². The number of fused-ring (bicyclic) bond motifs is 1. The van der Waals surface area contributed by atoms with Crippen LogP contribution in [-0.2, 0) is 6.42 Å². The van der Waals surface area contributed by atoms with Crippen molar-refractivity contribution < 1.29 is 4.74 Å². The lowest BCUT2D eigenvalue weighted by Gasteiger charge is -2.44. The Balaban J connectivity index is 1.62. The zero-order valence-electron chi connectivity index (χ0n) is 13.7. The highest BCUT2D eigenvalue weighted by molar-refractivity contribution is 5.37. The number of nitrogens with one attached hydrogen (secondary N) is 1. The molecular formula is C18H28N2O. The Hall–Kier alpha value is -1.06.